The van der Waals surface area contributed by atoms with Crippen LogP contribution < -0.4 is 0 Å². The Morgan fingerprint density at radius 2 is 0.851 bits per heavy atom. The second-order valence-corrected chi connectivity index (χ2v) is 12.6. The molecule has 0 unspecified atom stereocenters. The zero-order valence-corrected chi connectivity index (χ0v) is 26.4. The highest BCUT2D eigenvalue weighted by atomic mass is 16.3. The van der Waals surface area contributed by atoms with Gasteiger partial charge in [-0.1, -0.05) is 151 Å². The molecule has 9 aromatic rings. The zero-order valence-electron chi connectivity index (χ0n) is 26.4. The maximum Gasteiger partial charge on any atom is 0.135 e. The first-order valence-corrected chi connectivity index (χ1v) is 16.3. The minimum Gasteiger partial charge on any atom is -0.456 e. The van der Waals surface area contributed by atoms with Crippen molar-refractivity contribution >= 4 is 43.5 Å². The largest absolute Gasteiger partial charge is 0.456 e. The molecule has 0 N–H and O–H groups in total. The van der Waals surface area contributed by atoms with Gasteiger partial charge < -0.3 is 4.42 Å². The summed E-state index contributed by atoms with van der Waals surface area (Å²) in [5.41, 5.74) is 14.2. The Balaban J connectivity index is 1.44. The standard InChI is InChI=1S/C46H32O/c1-29-25-30(2)27-33(26-29)44-37-16-6-8-18-39(37)46(40-19-9-7-17-38(40)44)45-34(31-13-4-3-5-14-31)20-12-21-35(45)32-23-24-43-41(28-32)36-15-10-11-22-42(36)47-43/h3-28H,1-2H3. The molecule has 0 saturated carbocycles. The van der Waals surface area contributed by atoms with Crippen molar-refractivity contribution in [3.8, 4) is 44.5 Å². The summed E-state index contributed by atoms with van der Waals surface area (Å²) in [6, 6.07) is 57.4. The molecule has 0 atom stereocenters. The summed E-state index contributed by atoms with van der Waals surface area (Å²) in [4.78, 5) is 0. The highest BCUT2D eigenvalue weighted by Crippen LogP contribution is 2.49. The van der Waals surface area contributed by atoms with E-state index < -0.39 is 0 Å². The number of fused-ring (bicyclic) bond motifs is 5. The molecule has 8 aromatic carbocycles. The highest BCUT2D eigenvalue weighted by molar-refractivity contribution is 6.24. The van der Waals surface area contributed by atoms with Gasteiger partial charge in [-0.2, -0.15) is 0 Å². The number of para-hydroxylation sites is 1. The van der Waals surface area contributed by atoms with Gasteiger partial charge in [0.05, 0.1) is 0 Å². The molecule has 1 nitrogen and oxygen atoms in total. The summed E-state index contributed by atoms with van der Waals surface area (Å²) in [7, 11) is 0. The quantitative estimate of drug-likeness (QED) is 0.183. The molecular weight excluding hydrogens is 569 g/mol. The van der Waals surface area contributed by atoms with E-state index in [2.05, 4.69) is 159 Å². The summed E-state index contributed by atoms with van der Waals surface area (Å²) >= 11 is 0. The summed E-state index contributed by atoms with van der Waals surface area (Å²) in [5.74, 6) is 0. The van der Waals surface area contributed by atoms with Crippen molar-refractivity contribution in [2.75, 3.05) is 0 Å². The van der Waals surface area contributed by atoms with Gasteiger partial charge in [-0.05, 0) is 98.1 Å². The van der Waals surface area contributed by atoms with Crippen LogP contribution in [-0.4, -0.2) is 0 Å². The van der Waals surface area contributed by atoms with Crippen LogP contribution in [0.1, 0.15) is 11.1 Å². The van der Waals surface area contributed by atoms with Crippen molar-refractivity contribution in [2.24, 2.45) is 0 Å². The summed E-state index contributed by atoms with van der Waals surface area (Å²) < 4.78 is 6.24. The monoisotopic (exact) mass is 600 g/mol. The molecule has 0 radical (unpaired) electrons. The van der Waals surface area contributed by atoms with Gasteiger partial charge in [-0.3, -0.25) is 0 Å². The number of hydrogen-bond acceptors (Lipinski definition) is 1. The number of aryl methyl sites for hydroxylation is 2. The van der Waals surface area contributed by atoms with Crippen LogP contribution in [0.2, 0.25) is 0 Å². The van der Waals surface area contributed by atoms with E-state index in [1.165, 1.54) is 77.2 Å². The zero-order chi connectivity index (χ0) is 31.5. The first kappa shape index (κ1) is 27.4. The molecule has 1 aromatic heterocycles. The highest BCUT2D eigenvalue weighted by Gasteiger charge is 2.22. The molecule has 0 bridgehead atoms. The van der Waals surface area contributed by atoms with Gasteiger partial charge in [0.2, 0.25) is 0 Å². The first-order chi connectivity index (χ1) is 23.1. The van der Waals surface area contributed by atoms with E-state index in [4.69, 9.17) is 4.42 Å². The summed E-state index contributed by atoms with van der Waals surface area (Å²) in [5, 5.41) is 7.29. The van der Waals surface area contributed by atoms with E-state index in [0.29, 0.717) is 0 Å². The van der Waals surface area contributed by atoms with Crippen LogP contribution in [0.25, 0.3) is 88.0 Å². The minimum absolute atomic E-state index is 0.907. The first-order valence-electron chi connectivity index (χ1n) is 16.3. The van der Waals surface area contributed by atoms with E-state index in [1.54, 1.807) is 0 Å². The predicted molar refractivity (Wildman–Crippen MR) is 200 cm³/mol. The lowest BCUT2D eigenvalue weighted by Gasteiger charge is -2.22. The summed E-state index contributed by atoms with van der Waals surface area (Å²) in [6.45, 7) is 4.38. The number of rotatable bonds is 4. The predicted octanol–water partition coefficient (Wildman–Crippen LogP) is 13.2. The Bertz CT molecular complexity index is 2560. The third-order valence-electron chi connectivity index (χ3n) is 9.53. The lowest BCUT2D eigenvalue weighted by Crippen LogP contribution is -1.95. The molecule has 0 aliphatic rings. The smallest absolute Gasteiger partial charge is 0.135 e. The fourth-order valence-electron chi connectivity index (χ4n) is 7.64. The van der Waals surface area contributed by atoms with E-state index in [-0.39, 0.29) is 0 Å². The van der Waals surface area contributed by atoms with Crippen molar-refractivity contribution < 1.29 is 4.42 Å². The second kappa shape index (κ2) is 10.9. The lowest BCUT2D eigenvalue weighted by atomic mass is 9.80. The normalized spacial score (nSPS) is 11.6. The van der Waals surface area contributed by atoms with Gasteiger partial charge in [0, 0.05) is 10.8 Å². The van der Waals surface area contributed by atoms with Crippen LogP contribution in [0, 0.1) is 13.8 Å². The second-order valence-electron chi connectivity index (χ2n) is 12.6. The van der Waals surface area contributed by atoms with Crippen molar-refractivity contribution in [3.63, 3.8) is 0 Å². The molecule has 1 heteroatoms. The molecule has 9 rings (SSSR count). The Kier molecular flexibility index (Phi) is 6.33. The van der Waals surface area contributed by atoms with Gasteiger partial charge in [-0.15, -0.1) is 0 Å². The van der Waals surface area contributed by atoms with E-state index in [9.17, 15) is 0 Å². The topological polar surface area (TPSA) is 13.1 Å². The Hall–Kier alpha value is -5.92. The summed E-state index contributed by atoms with van der Waals surface area (Å²) in [6.07, 6.45) is 0. The molecule has 0 fully saturated rings. The molecule has 0 amide bonds. The maximum absolute atomic E-state index is 6.24. The van der Waals surface area contributed by atoms with Crippen molar-refractivity contribution in [1.29, 1.82) is 0 Å². The minimum atomic E-state index is 0.907. The van der Waals surface area contributed by atoms with Crippen molar-refractivity contribution in [3.05, 3.63) is 169 Å². The SMILES string of the molecule is Cc1cc(C)cc(-c2c3ccccc3c(-c3c(-c4ccccc4)cccc3-c3ccc4oc5ccccc5c4c3)c3ccccc23)c1. The van der Waals surface area contributed by atoms with E-state index >= 15 is 0 Å². The fraction of sp³-hybridized carbons (Fsp3) is 0.0435. The van der Waals surface area contributed by atoms with E-state index in [1.807, 2.05) is 12.1 Å². The molecule has 0 aliphatic heterocycles. The van der Waals surface area contributed by atoms with Crippen LogP contribution in [0.15, 0.2) is 162 Å². The van der Waals surface area contributed by atoms with Crippen LogP contribution in [0.4, 0.5) is 0 Å². The third kappa shape index (κ3) is 4.47. The van der Waals surface area contributed by atoms with Crippen LogP contribution in [-0.2, 0) is 0 Å². The molecule has 0 aliphatic carbocycles. The van der Waals surface area contributed by atoms with Crippen LogP contribution >= 0.6 is 0 Å². The van der Waals surface area contributed by atoms with Crippen LogP contribution in [0.5, 0.6) is 0 Å². The van der Waals surface area contributed by atoms with Crippen LogP contribution in [0.3, 0.4) is 0 Å². The van der Waals surface area contributed by atoms with Crippen molar-refractivity contribution in [2.45, 2.75) is 13.8 Å². The Morgan fingerprint density at radius 1 is 0.319 bits per heavy atom. The average molecular weight is 601 g/mol. The van der Waals surface area contributed by atoms with E-state index in [0.717, 1.165) is 21.9 Å². The fourth-order valence-corrected chi connectivity index (χ4v) is 7.64. The van der Waals surface area contributed by atoms with Gasteiger partial charge in [0.25, 0.3) is 0 Å². The molecule has 1 heterocycles. The molecule has 0 spiro atoms. The maximum atomic E-state index is 6.24. The molecule has 0 saturated heterocycles. The number of hydrogen-bond donors (Lipinski definition) is 0. The Morgan fingerprint density at radius 3 is 1.51 bits per heavy atom. The number of furan rings is 1. The van der Waals surface area contributed by atoms with Gasteiger partial charge >= 0.3 is 0 Å². The number of benzene rings is 8. The average Bonchev–Trinajstić information content (AvgIpc) is 3.48. The molecule has 47 heavy (non-hydrogen) atoms. The molecular formula is C46H32O. The third-order valence-corrected chi connectivity index (χ3v) is 9.53. The molecule has 222 valence electrons. The van der Waals surface area contributed by atoms with Gasteiger partial charge in [0.15, 0.2) is 0 Å². The van der Waals surface area contributed by atoms with Crippen molar-refractivity contribution in [1.82, 2.24) is 0 Å². The van der Waals surface area contributed by atoms with Gasteiger partial charge in [0.1, 0.15) is 11.2 Å². The Labute approximate surface area is 274 Å². The lowest BCUT2D eigenvalue weighted by molar-refractivity contribution is 0.669. The van der Waals surface area contributed by atoms with Gasteiger partial charge in [-0.25, -0.2) is 0 Å².